The van der Waals surface area contributed by atoms with Gasteiger partial charge < -0.3 is 9.47 Å². The molecule has 0 aromatic carbocycles. The van der Waals surface area contributed by atoms with Crippen LogP contribution in [0.5, 0.6) is 11.9 Å². The highest BCUT2D eigenvalue weighted by atomic mass is 16.5. The molecule has 0 spiro atoms. The van der Waals surface area contributed by atoms with Crippen LogP contribution in [0.15, 0.2) is 29.3 Å². The summed E-state index contributed by atoms with van der Waals surface area (Å²) in [5.41, 5.74) is 1.35. The lowest BCUT2D eigenvalue weighted by Crippen LogP contribution is -2.09. The first-order valence-electron chi connectivity index (χ1n) is 5.75. The Morgan fingerprint density at radius 1 is 1.30 bits per heavy atom. The van der Waals surface area contributed by atoms with Gasteiger partial charge in [-0.3, -0.25) is 9.89 Å². The van der Waals surface area contributed by atoms with Crippen LogP contribution in [0.2, 0.25) is 0 Å². The molecule has 8 nitrogen and oxygen atoms in total. The zero-order valence-corrected chi connectivity index (χ0v) is 10.8. The van der Waals surface area contributed by atoms with Crippen molar-refractivity contribution >= 4 is 5.52 Å². The molecule has 0 atom stereocenters. The smallest absolute Gasteiger partial charge is 0.319 e. The summed E-state index contributed by atoms with van der Waals surface area (Å²) in [4.78, 5) is 20.1. The minimum atomic E-state index is -0.158. The average molecular weight is 273 g/mol. The van der Waals surface area contributed by atoms with Crippen molar-refractivity contribution in [3.63, 3.8) is 0 Å². The standard InChI is InChI=1S/C12H11N5O3/c1-19-11-7(6-13-12(15-11)20-2)8-5-10(18)9-3-4-14-17(9)16-8/h3-6,16H,1-2H3. The molecule has 0 amide bonds. The maximum Gasteiger partial charge on any atom is 0.319 e. The van der Waals surface area contributed by atoms with Crippen LogP contribution in [0.4, 0.5) is 0 Å². The molecule has 0 bridgehead atoms. The molecule has 0 saturated heterocycles. The van der Waals surface area contributed by atoms with Gasteiger partial charge in [0.05, 0.1) is 31.7 Å². The van der Waals surface area contributed by atoms with E-state index in [4.69, 9.17) is 9.47 Å². The number of H-pyrrole nitrogens is 1. The molecule has 8 heteroatoms. The second kappa shape index (κ2) is 4.65. The summed E-state index contributed by atoms with van der Waals surface area (Å²) in [5, 5.41) is 6.99. The van der Waals surface area contributed by atoms with E-state index in [1.54, 1.807) is 12.3 Å². The molecule has 3 rings (SSSR count). The van der Waals surface area contributed by atoms with Crippen LogP contribution < -0.4 is 14.9 Å². The summed E-state index contributed by atoms with van der Waals surface area (Å²) in [5.74, 6) is 0.305. The number of fused-ring (bicyclic) bond motifs is 1. The minimum absolute atomic E-state index is 0.158. The highest BCUT2D eigenvalue weighted by Gasteiger charge is 2.13. The second-order valence-corrected chi connectivity index (χ2v) is 3.94. The fraction of sp³-hybridized carbons (Fsp3) is 0.167. The summed E-state index contributed by atoms with van der Waals surface area (Å²) in [7, 11) is 2.95. The zero-order valence-electron chi connectivity index (χ0n) is 10.8. The molecule has 0 aliphatic heterocycles. The van der Waals surface area contributed by atoms with E-state index >= 15 is 0 Å². The Balaban J connectivity index is 2.22. The van der Waals surface area contributed by atoms with E-state index in [0.717, 1.165) is 0 Å². The molecule has 0 radical (unpaired) electrons. The number of methoxy groups -OCH3 is 2. The Morgan fingerprint density at radius 2 is 2.15 bits per heavy atom. The first-order chi connectivity index (χ1) is 9.72. The Labute approximate surface area is 113 Å². The van der Waals surface area contributed by atoms with E-state index in [9.17, 15) is 4.79 Å². The summed E-state index contributed by atoms with van der Waals surface area (Å²) in [6.07, 6.45) is 3.06. The molecule has 0 aliphatic rings. The van der Waals surface area contributed by atoms with Crippen molar-refractivity contribution in [2.45, 2.75) is 0 Å². The third-order valence-corrected chi connectivity index (χ3v) is 2.79. The van der Waals surface area contributed by atoms with Crippen molar-refractivity contribution in [2.75, 3.05) is 14.2 Å². The Kier molecular flexibility index (Phi) is 2.82. The van der Waals surface area contributed by atoms with Gasteiger partial charge in [-0.25, -0.2) is 4.98 Å². The van der Waals surface area contributed by atoms with E-state index in [-0.39, 0.29) is 11.4 Å². The highest BCUT2D eigenvalue weighted by Crippen LogP contribution is 2.26. The summed E-state index contributed by atoms with van der Waals surface area (Å²) in [6.45, 7) is 0. The van der Waals surface area contributed by atoms with Gasteiger partial charge in [0.2, 0.25) is 11.3 Å². The van der Waals surface area contributed by atoms with Gasteiger partial charge in [0.25, 0.3) is 0 Å². The molecule has 20 heavy (non-hydrogen) atoms. The fourth-order valence-electron chi connectivity index (χ4n) is 1.86. The average Bonchev–Trinajstić information content (AvgIpc) is 2.95. The number of hydrogen-bond donors (Lipinski definition) is 1. The SMILES string of the molecule is COc1ncc(-c2cc(=O)c3ccnn3[nH]2)c(OC)n1. The summed E-state index contributed by atoms with van der Waals surface area (Å²) >= 11 is 0. The highest BCUT2D eigenvalue weighted by molar-refractivity contribution is 5.65. The van der Waals surface area contributed by atoms with Gasteiger partial charge >= 0.3 is 6.01 Å². The molecule has 102 valence electrons. The third-order valence-electron chi connectivity index (χ3n) is 2.79. The van der Waals surface area contributed by atoms with E-state index in [1.165, 1.54) is 31.1 Å². The lowest BCUT2D eigenvalue weighted by Gasteiger charge is -2.08. The van der Waals surface area contributed by atoms with Gasteiger partial charge in [0.1, 0.15) is 5.52 Å². The molecule has 3 heterocycles. The topological polar surface area (TPSA) is 94.4 Å². The molecule has 0 aliphatic carbocycles. The van der Waals surface area contributed by atoms with Gasteiger partial charge in [-0.15, -0.1) is 0 Å². The number of nitrogens with zero attached hydrogens (tertiary/aromatic N) is 4. The van der Waals surface area contributed by atoms with Crippen molar-refractivity contribution in [2.24, 2.45) is 0 Å². The second-order valence-electron chi connectivity index (χ2n) is 3.94. The van der Waals surface area contributed by atoms with E-state index < -0.39 is 0 Å². The quantitative estimate of drug-likeness (QED) is 0.746. The number of aromatic nitrogens is 5. The number of aromatic amines is 1. The zero-order chi connectivity index (χ0) is 14.1. The van der Waals surface area contributed by atoms with Gasteiger partial charge in [-0.05, 0) is 6.07 Å². The van der Waals surface area contributed by atoms with Crippen LogP contribution in [-0.4, -0.2) is 39.0 Å². The van der Waals surface area contributed by atoms with E-state index in [1.807, 2.05) is 0 Å². The Morgan fingerprint density at radius 3 is 2.90 bits per heavy atom. The fourth-order valence-corrected chi connectivity index (χ4v) is 1.86. The molecular weight excluding hydrogens is 262 g/mol. The van der Waals surface area contributed by atoms with Gasteiger partial charge in [-0.1, -0.05) is 0 Å². The molecule has 0 fully saturated rings. The van der Waals surface area contributed by atoms with Crippen LogP contribution in [0.1, 0.15) is 0 Å². The van der Waals surface area contributed by atoms with Crippen molar-refractivity contribution in [1.29, 1.82) is 0 Å². The van der Waals surface area contributed by atoms with Crippen LogP contribution in [0, 0.1) is 0 Å². The van der Waals surface area contributed by atoms with Crippen LogP contribution >= 0.6 is 0 Å². The number of hydrogen-bond acceptors (Lipinski definition) is 6. The van der Waals surface area contributed by atoms with Crippen LogP contribution in [0.25, 0.3) is 16.8 Å². The molecule has 0 unspecified atom stereocenters. The largest absolute Gasteiger partial charge is 0.480 e. The predicted octanol–water partition coefficient (Wildman–Crippen LogP) is 0.497. The lowest BCUT2D eigenvalue weighted by molar-refractivity contribution is 0.353. The number of rotatable bonds is 3. The Bertz CT molecular complexity index is 823. The number of ether oxygens (including phenoxy) is 2. The van der Waals surface area contributed by atoms with Crippen molar-refractivity contribution in [3.8, 4) is 23.1 Å². The van der Waals surface area contributed by atoms with Gasteiger partial charge in [-0.2, -0.15) is 14.7 Å². The van der Waals surface area contributed by atoms with Gasteiger partial charge in [0, 0.05) is 12.3 Å². The molecule has 3 aromatic heterocycles. The summed E-state index contributed by atoms with van der Waals surface area (Å²) in [6, 6.07) is 3.27. The maximum absolute atomic E-state index is 12.0. The predicted molar refractivity (Wildman–Crippen MR) is 69.9 cm³/mol. The Hall–Kier alpha value is -2.90. The van der Waals surface area contributed by atoms with E-state index in [0.29, 0.717) is 22.7 Å². The monoisotopic (exact) mass is 273 g/mol. The van der Waals surface area contributed by atoms with E-state index in [2.05, 4.69) is 20.2 Å². The minimum Gasteiger partial charge on any atom is -0.480 e. The van der Waals surface area contributed by atoms with Crippen LogP contribution in [-0.2, 0) is 0 Å². The molecular formula is C12H11N5O3. The summed E-state index contributed by atoms with van der Waals surface area (Å²) < 4.78 is 11.5. The third kappa shape index (κ3) is 1.87. The van der Waals surface area contributed by atoms with Crippen LogP contribution in [0.3, 0.4) is 0 Å². The lowest BCUT2D eigenvalue weighted by atomic mass is 10.2. The normalized spacial score (nSPS) is 10.7. The maximum atomic E-state index is 12.0. The van der Waals surface area contributed by atoms with Crippen molar-refractivity contribution in [1.82, 2.24) is 24.8 Å². The molecule has 1 N–H and O–H groups in total. The van der Waals surface area contributed by atoms with Crippen molar-refractivity contribution < 1.29 is 9.47 Å². The first kappa shape index (κ1) is 12.2. The molecule has 3 aromatic rings. The molecule has 0 saturated carbocycles. The van der Waals surface area contributed by atoms with Crippen molar-refractivity contribution in [3.05, 3.63) is 34.7 Å². The first-order valence-corrected chi connectivity index (χ1v) is 5.75. The van der Waals surface area contributed by atoms with Gasteiger partial charge in [0.15, 0.2) is 0 Å². The number of nitrogens with one attached hydrogen (secondary N) is 1.